The molecular formula is C11H23N. The van der Waals surface area contributed by atoms with Crippen molar-refractivity contribution in [3.8, 4) is 0 Å². The molecular weight excluding hydrogens is 146 g/mol. The van der Waals surface area contributed by atoms with Crippen molar-refractivity contribution >= 4 is 0 Å². The van der Waals surface area contributed by atoms with Gasteiger partial charge < -0.3 is 5.32 Å². The highest BCUT2D eigenvalue weighted by Gasteiger charge is 2.15. The van der Waals surface area contributed by atoms with Gasteiger partial charge in [0, 0.05) is 11.7 Å². The summed E-state index contributed by atoms with van der Waals surface area (Å²) < 4.78 is 0. The van der Waals surface area contributed by atoms with Crippen LogP contribution < -0.4 is 5.32 Å². The number of allylic oxidation sites excluding steroid dienone is 2. The van der Waals surface area contributed by atoms with E-state index < -0.39 is 0 Å². The molecule has 0 unspecified atom stereocenters. The van der Waals surface area contributed by atoms with E-state index in [2.05, 4.69) is 53.8 Å². The molecule has 0 spiro atoms. The fourth-order valence-corrected chi connectivity index (χ4v) is 1.10. The summed E-state index contributed by atoms with van der Waals surface area (Å²) >= 11 is 0. The zero-order chi connectivity index (χ0) is 9.94. The van der Waals surface area contributed by atoms with Gasteiger partial charge in [0.25, 0.3) is 0 Å². The van der Waals surface area contributed by atoms with Crippen LogP contribution in [0.15, 0.2) is 11.3 Å². The van der Waals surface area contributed by atoms with Gasteiger partial charge in [-0.05, 0) is 38.7 Å². The molecule has 0 atom stereocenters. The molecule has 0 aliphatic carbocycles. The van der Waals surface area contributed by atoms with Crippen molar-refractivity contribution in [1.29, 1.82) is 0 Å². The van der Waals surface area contributed by atoms with E-state index in [1.807, 2.05) is 0 Å². The van der Waals surface area contributed by atoms with Crippen LogP contribution in [0, 0.1) is 5.41 Å². The lowest BCUT2D eigenvalue weighted by molar-refractivity contribution is 0.487. The van der Waals surface area contributed by atoms with Gasteiger partial charge in [0.2, 0.25) is 0 Å². The van der Waals surface area contributed by atoms with Gasteiger partial charge in [0.15, 0.2) is 0 Å². The maximum atomic E-state index is 3.43. The third-order valence-electron chi connectivity index (χ3n) is 2.19. The van der Waals surface area contributed by atoms with Gasteiger partial charge in [-0.3, -0.25) is 0 Å². The van der Waals surface area contributed by atoms with Crippen LogP contribution in [-0.4, -0.2) is 6.04 Å². The second-order valence-electron chi connectivity index (χ2n) is 4.80. The molecule has 1 nitrogen and oxygen atoms in total. The summed E-state index contributed by atoms with van der Waals surface area (Å²) in [6.45, 7) is 15.4. The second-order valence-corrected chi connectivity index (χ2v) is 4.80. The average Bonchev–Trinajstić information content (AvgIpc) is 1.82. The molecule has 0 rings (SSSR count). The maximum absolute atomic E-state index is 3.43. The van der Waals surface area contributed by atoms with E-state index in [4.69, 9.17) is 0 Å². The van der Waals surface area contributed by atoms with Crippen LogP contribution in [0.25, 0.3) is 0 Å². The Hall–Kier alpha value is -0.460. The third-order valence-corrected chi connectivity index (χ3v) is 2.19. The molecule has 72 valence electrons. The largest absolute Gasteiger partial charge is 0.386 e. The highest BCUT2D eigenvalue weighted by atomic mass is 14.9. The van der Waals surface area contributed by atoms with E-state index in [9.17, 15) is 0 Å². The molecule has 0 amide bonds. The van der Waals surface area contributed by atoms with Gasteiger partial charge in [-0.25, -0.2) is 0 Å². The van der Waals surface area contributed by atoms with Crippen molar-refractivity contribution in [3.05, 3.63) is 11.3 Å². The van der Waals surface area contributed by atoms with E-state index >= 15 is 0 Å². The molecule has 0 aromatic rings. The molecule has 0 bridgehead atoms. The molecule has 0 aliphatic rings. The first-order valence-electron chi connectivity index (χ1n) is 4.69. The van der Waals surface area contributed by atoms with E-state index in [-0.39, 0.29) is 5.41 Å². The molecule has 0 heterocycles. The summed E-state index contributed by atoms with van der Waals surface area (Å²) in [7, 11) is 0. The first-order valence-corrected chi connectivity index (χ1v) is 4.69. The number of hydrogen-bond acceptors (Lipinski definition) is 1. The Morgan fingerprint density at radius 2 is 1.50 bits per heavy atom. The SMILES string of the molecule is C/C(NC(C)C)=C(/C)C(C)(C)C. The number of hydrogen-bond donors (Lipinski definition) is 1. The Labute approximate surface area is 77.2 Å². The van der Waals surface area contributed by atoms with Crippen LogP contribution in [0.2, 0.25) is 0 Å². The van der Waals surface area contributed by atoms with Gasteiger partial charge >= 0.3 is 0 Å². The molecule has 0 saturated carbocycles. The Bertz CT molecular complexity index is 170. The van der Waals surface area contributed by atoms with Gasteiger partial charge in [-0.1, -0.05) is 20.8 Å². The minimum atomic E-state index is 0.284. The summed E-state index contributed by atoms with van der Waals surface area (Å²) in [5, 5.41) is 3.43. The fourth-order valence-electron chi connectivity index (χ4n) is 1.10. The van der Waals surface area contributed by atoms with Gasteiger partial charge in [0.05, 0.1) is 0 Å². The third kappa shape index (κ3) is 3.80. The monoisotopic (exact) mass is 169 g/mol. The normalized spacial score (nSPS) is 14.7. The summed E-state index contributed by atoms with van der Waals surface area (Å²) in [6, 6.07) is 0.530. The van der Waals surface area contributed by atoms with Gasteiger partial charge in [-0.15, -0.1) is 0 Å². The Kier molecular flexibility index (Phi) is 3.82. The topological polar surface area (TPSA) is 12.0 Å². The Balaban J connectivity index is 4.47. The molecule has 0 aromatic carbocycles. The lowest BCUT2D eigenvalue weighted by Gasteiger charge is -2.24. The predicted octanol–water partition coefficient (Wildman–Crippen LogP) is 3.32. The highest BCUT2D eigenvalue weighted by Crippen LogP contribution is 2.26. The predicted molar refractivity (Wildman–Crippen MR) is 56.1 cm³/mol. The molecule has 0 radical (unpaired) electrons. The minimum absolute atomic E-state index is 0.284. The van der Waals surface area contributed by atoms with Crippen LogP contribution >= 0.6 is 0 Å². The summed E-state index contributed by atoms with van der Waals surface area (Å²) in [5.74, 6) is 0. The highest BCUT2D eigenvalue weighted by molar-refractivity contribution is 5.14. The van der Waals surface area contributed by atoms with Crippen LogP contribution in [0.4, 0.5) is 0 Å². The quantitative estimate of drug-likeness (QED) is 0.668. The van der Waals surface area contributed by atoms with E-state index in [1.54, 1.807) is 0 Å². The Morgan fingerprint density at radius 3 is 1.75 bits per heavy atom. The molecule has 12 heavy (non-hydrogen) atoms. The van der Waals surface area contributed by atoms with Crippen molar-refractivity contribution in [2.24, 2.45) is 5.41 Å². The zero-order valence-corrected chi connectivity index (χ0v) is 9.58. The standard InChI is InChI=1S/C11H23N/c1-8(2)12-10(4)9(3)11(5,6)7/h8,12H,1-7H3/b10-9+. The van der Waals surface area contributed by atoms with Crippen LogP contribution in [0.5, 0.6) is 0 Å². The molecule has 0 aromatic heterocycles. The number of nitrogens with one attached hydrogen (secondary N) is 1. The van der Waals surface area contributed by atoms with Crippen LogP contribution in [0.3, 0.4) is 0 Å². The minimum Gasteiger partial charge on any atom is -0.386 e. The Morgan fingerprint density at radius 1 is 1.08 bits per heavy atom. The van der Waals surface area contributed by atoms with Gasteiger partial charge in [-0.2, -0.15) is 0 Å². The number of rotatable bonds is 2. The fraction of sp³-hybridized carbons (Fsp3) is 0.818. The average molecular weight is 169 g/mol. The lowest BCUT2D eigenvalue weighted by atomic mass is 9.86. The molecule has 0 fully saturated rings. The van der Waals surface area contributed by atoms with E-state index in [1.165, 1.54) is 11.3 Å². The smallest absolute Gasteiger partial charge is 0.0201 e. The molecule has 1 heteroatoms. The first kappa shape index (κ1) is 11.5. The van der Waals surface area contributed by atoms with Crippen molar-refractivity contribution in [1.82, 2.24) is 5.32 Å². The first-order chi connectivity index (χ1) is 5.25. The van der Waals surface area contributed by atoms with E-state index in [0.29, 0.717) is 6.04 Å². The summed E-state index contributed by atoms with van der Waals surface area (Å²) in [5.41, 5.74) is 3.04. The lowest BCUT2D eigenvalue weighted by Crippen LogP contribution is -2.24. The maximum Gasteiger partial charge on any atom is 0.0201 e. The van der Waals surface area contributed by atoms with Crippen LogP contribution in [-0.2, 0) is 0 Å². The molecule has 0 saturated heterocycles. The molecule has 0 aliphatic heterocycles. The van der Waals surface area contributed by atoms with Gasteiger partial charge in [0.1, 0.15) is 0 Å². The summed E-state index contributed by atoms with van der Waals surface area (Å²) in [4.78, 5) is 0. The van der Waals surface area contributed by atoms with Crippen molar-refractivity contribution in [3.63, 3.8) is 0 Å². The van der Waals surface area contributed by atoms with Crippen molar-refractivity contribution < 1.29 is 0 Å². The second kappa shape index (κ2) is 3.97. The van der Waals surface area contributed by atoms with Crippen LogP contribution in [0.1, 0.15) is 48.5 Å². The summed E-state index contributed by atoms with van der Waals surface area (Å²) in [6.07, 6.45) is 0. The zero-order valence-electron chi connectivity index (χ0n) is 9.58. The van der Waals surface area contributed by atoms with E-state index in [0.717, 1.165) is 0 Å². The van der Waals surface area contributed by atoms with Crippen molar-refractivity contribution in [2.45, 2.75) is 54.5 Å². The molecule has 1 N–H and O–H groups in total. The van der Waals surface area contributed by atoms with Crippen molar-refractivity contribution in [2.75, 3.05) is 0 Å².